The van der Waals surface area contributed by atoms with Gasteiger partial charge in [0.2, 0.25) is 0 Å². The summed E-state index contributed by atoms with van der Waals surface area (Å²) in [5.74, 6) is 1.53. The Kier molecular flexibility index (Phi) is 5.71. The van der Waals surface area contributed by atoms with Gasteiger partial charge in [0.1, 0.15) is 5.75 Å². The van der Waals surface area contributed by atoms with E-state index in [9.17, 15) is 0 Å². The van der Waals surface area contributed by atoms with Gasteiger partial charge in [-0.1, -0.05) is 31.9 Å². The second-order valence-electron chi connectivity index (χ2n) is 5.37. The van der Waals surface area contributed by atoms with Crippen LogP contribution in [0, 0.1) is 0 Å². The lowest BCUT2D eigenvalue weighted by Crippen LogP contribution is -2.24. The fourth-order valence-corrected chi connectivity index (χ4v) is 2.73. The summed E-state index contributed by atoms with van der Waals surface area (Å²) in [5, 5.41) is 0. The molecule has 0 aliphatic carbocycles. The van der Waals surface area contributed by atoms with E-state index in [4.69, 9.17) is 9.47 Å². The molecule has 1 saturated heterocycles. The standard InChI is InChI=1S/C17H26O2/c1-3-5-6-16-12-9-15(13-19-16)14-7-10-17(11-8-14)18-4-2/h7-8,10-11,15-16H,3-6,9,12-13H2,1-2H3. The third-order valence-electron chi connectivity index (χ3n) is 3.91. The summed E-state index contributed by atoms with van der Waals surface area (Å²) in [4.78, 5) is 0. The summed E-state index contributed by atoms with van der Waals surface area (Å²) in [6.45, 7) is 5.86. The monoisotopic (exact) mass is 262 g/mol. The summed E-state index contributed by atoms with van der Waals surface area (Å²) < 4.78 is 11.5. The second kappa shape index (κ2) is 7.54. The Morgan fingerprint density at radius 1 is 1.16 bits per heavy atom. The topological polar surface area (TPSA) is 18.5 Å². The lowest BCUT2D eigenvalue weighted by Gasteiger charge is -2.29. The summed E-state index contributed by atoms with van der Waals surface area (Å²) in [6.07, 6.45) is 6.74. The van der Waals surface area contributed by atoms with Gasteiger partial charge < -0.3 is 9.47 Å². The second-order valence-corrected chi connectivity index (χ2v) is 5.37. The Balaban J connectivity index is 1.83. The Morgan fingerprint density at radius 2 is 1.95 bits per heavy atom. The number of hydrogen-bond donors (Lipinski definition) is 0. The molecule has 0 spiro atoms. The fraction of sp³-hybridized carbons (Fsp3) is 0.647. The molecule has 0 aromatic heterocycles. The number of unbranched alkanes of at least 4 members (excludes halogenated alkanes) is 1. The summed E-state index contributed by atoms with van der Waals surface area (Å²) in [5.41, 5.74) is 1.39. The lowest BCUT2D eigenvalue weighted by atomic mass is 9.90. The Bertz CT molecular complexity index is 350. The maximum Gasteiger partial charge on any atom is 0.119 e. The molecule has 1 heterocycles. The zero-order chi connectivity index (χ0) is 13.5. The van der Waals surface area contributed by atoms with Gasteiger partial charge in [-0.3, -0.25) is 0 Å². The van der Waals surface area contributed by atoms with Crippen LogP contribution in [0.3, 0.4) is 0 Å². The molecule has 0 bridgehead atoms. The highest BCUT2D eigenvalue weighted by Crippen LogP contribution is 2.30. The van der Waals surface area contributed by atoms with Crippen LogP contribution in [0.1, 0.15) is 57.4 Å². The number of hydrogen-bond acceptors (Lipinski definition) is 2. The van der Waals surface area contributed by atoms with Crippen molar-refractivity contribution in [2.24, 2.45) is 0 Å². The minimum atomic E-state index is 0.499. The van der Waals surface area contributed by atoms with Crippen LogP contribution in [-0.4, -0.2) is 19.3 Å². The molecule has 1 fully saturated rings. The molecule has 0 saturated carbocycles. The van der Waals surface area contributed by atoms with E-state index in [1.54, 1.807) is 0 Å². The van der Waals surface area contributed by atoms with Crippen LogP contribution in [0.5, 0.6) is 5.75 Å². The molecule has 19 heavy (non-hydrogen) atoms. The van der Waals surface area contributed by atoms with Crippen LogP contribution >= 0.6 is 0 Å². The average molecular weight is 262 g/mol. The number of ether oxygens (including phenoxy) is 2. The van der Waals surface area contributed by atoms with Gasteiger partial charge in [-0.15, -0.1) is 0 Å². The van der Waals surface area contributed by atoms with Crippen LogP contribution < -0.4 is 4.74 Å². The van der Waals surface area contributed by atoms with E-state index in [1.807, 2.05) is 6.92 Å². The summed E-state index contributed by atoms with van der Waals surface area (Å²) >= 11 is 0. The van der Waals surface area contributed by atoms with Crippen molar-refractivity contribution in [1.82, 2.24) is 0 Å². The van der Waals surface area contributed by atoms with Gasteiger partial charge in [-0.25, -0.2) is 0 Å². The molecule has 1 aromatic rings. The Labute approximate surface area is 117 Å². The molecule has 0 amide bonds. The van der Waals surface area contributed by atoms with Gasteiger partial charge >= 0.3 is 0 Å². The van der Waals surface area contributed by atoms with Crippen LogP contribution in [0.15, 0.2) is 24.3 Å². The molecule has 1 aliphatic heterocycles. The van der Waals surface area contributed by atoms with Gasteiger partial charge in [-0.05, 0) is 43.9 Å². The predicted molar refractivity (Wildman–Crippen MR) is 78.9 cm³/mol. The van der Waals surface area contributed by atoms with Crippen LogP contribution in [-0.2, 0) is 4.74 Å². The molecule has 2 unspecified atom stereocenters. The van der Waals surface area contributed by atoms with Gasteiger partial charge in [0.25, 0.3) is 0 Å². The van der Waals surface area contributed by atoms with Gasteiger partial charge in [0.05, 0.1) is 19.3 Å². The Hall–Kier alpha value is -1.02. The van der Waals surface area contributed by atoms with Crippen molar-refractivity contribution in [1.29, 1.82) is 0 Å². The molecule has 1 aromatic carbocycles. The maximum atomic E-state index is 5.99. The molecule has 2 atom stereocenters. The number of benzene rings is 1. The van der Waals surface area contributed by atoms with E-state index in [-0.39, 0.29) is 0 Å². The van der Waals surface area contributed by atoms with Gasteiger partial charge in [-0.2, -0.15) is 0 Å². The zero-order valence-corrected chi connectivity index (χ0v) is 12.2. The van der Waals surface area contributed by atoms with E-state index < -0.39 is 0 Å². The molecule has 0 N–H and O–H groups in total. The molecular formula is C17H26O2. The van der Waals surface area contributed by atoms with Crippen molar-refractivity contribution in [2.45, 2.75) is 58.0 Å². The third kappa shape index (κ3) is 4.24. The highest BCUT2D eigenvalue weighted by atomic mass is 16.5. The first-order valence-corrected chi connectivity index (χ1v) is 7.67. The molecule has 2 nitrogen and oxygen atoms in total. The lowest BCUT2D eigenvalue weighted by molar-refractivity contribution is -0.00190. The third-order valence-corrected chi connectivity index (χ3v) is 3.91. The van der Waals surface area contributed by atoms with E-state index in [0.29, 0.717) is 12.0 Å². The zero-order valence-electron chi connectivity index (χ0n) is 12.2. The van der Waals surface area contributed by atoms with E-state index in [1.165, 1.54) is 37.7 Å². The highest BCUT2D eigenvalue weighted by molar-refractivity contribution is 5.29. The van der Waals surface area contributed by atoms with E-state index >= 15 is 0 Å². The Morgan fingerprint density at radius 3 is 2.53 bits per heavy atom. The first-order chi connectivity index (χ1) is 9.33. The molecule has 2 heteroatoms. The van der Waals surface area contributed by atoms with Crippen LogP contribution in [0.2, 0.25) is 0 Å². The summed E-state index contributed by atoms with van der Waals surface area (Å²) in [6, 6.07) is 8.51. The van der Waals surface area contributed by atoms with E-state index in [0.717, 1.165) is 19.0 Å². The SMILES string of the molecule is CCCCC1CCC(c2ccc(OCC)cc2)CO1. The van der Waals surface area contributed by atoms with Crippen molar-refractivity contribution in [2.75, 3.05) is 13.2 Å². The van der Waals surface area contributed by atoms with Crippen LogP contribution in [0.4, 0.5) is 0 Å². The largest absolute Gasteiger partial charge is 0.494 e. The quantitative estimate of drug-likeness (QED) is 0.749. The van der Waals surface area contributed by atoms with E-state index in [2.05, 4.69) is 31.2 Å². The van der Waals surface area contributed by atoms with Crippen molar-refractivity contribution in [3.05, 3.63) is 29.8 Å². The molecule has 106 valence electrons. The predicted octanol–water partition coefficient (Wildman–Crippen LogP) is 4.54. The minimum Gasteiger partial charge on any atom is -0.494 e. The van der Waals surface area contributed by atoms with Crippen molar-refractivity contribution < 1.29 is 9.47 Å². The molecule has 0 radical (unpaired) electrons. The highest BCUT2D eigenvalue weighted by Gasteiger charge is 2.22. The fourth-order valence-electron chi connectivity index (χ4n) is 2.73. The molecular weight excluding hydrogens is 236 g/mol. The average Bonchev–Trinajstić information content (AvgIpc) is 2.47. The van der Waals surface area contributed by atoms with Gasteiger partial charge in [0.15, 0.2) is 0 Å². The first kappa shape index (κ1) is 14.4. The van der Waals surface area contributed by atoms with Crippen molar-refractivity contribution >= 4 is 0 Å². The maximum absolute atomic E-state index is 5.99. The van der Waals surface area contributed by atoms with Crippen molar-refractivity contribution in [3.8, 4) is 5.75 Å². The van der Waals surface area contributed by atoms with Crippen LogP contribution in [0.25, 0.3) is 0 Å². The summed E-state index contributed by atoms with van der Waals surface area (Å²) in [7, 11) is 0. The smallest absolute Gasteiger partial charge is 0.119 e. The molecule has 1 aliphatic rings. The molecule has 2 rings (SSSR count). The van der Waals surface area contributed by atoms with Crippen molar-refractivity contribution in [3.63, 3.8) is 0 Å². The number of rotatable bonds is 6. The minimum absolute atomic E-state index is 0.499. The van der Waals surface area contributed by atoms with Gasteiger partial charge in [0, 0.05) is 5.92 Å². The normalized spacial score (nSPS) is 23.3. The first-order valence-electron chi connectivity index (χ1n) is 7.67.